The predicted octanol–water partition coefficient (Wildman–Crippen LogP) is 0.778. The van der Waals surface area contributed by atoms with Gasteiger partial charge in [-0.2, -0.15) is 15.0 Å². The van der Waals surface area contributed by atoms with E-state index in [2.05, 4.69) is 34.7 Å². The summed E-state index contributed by atoms with van der Waals surface area (Å²) < 4.78 is 29.2. The van der Waals surface area contributed by atoms with E-state index in [1.807, 2.05) is 0 Å². The first-order valence-electron chi connectivity index (χ1n) is 11.8. The van der Waals surface area contributed by atoms with Crippen LogP contribution in [0.4, 0.5) is 32.2 Å². The SMILES string of the molecule is C=CC(=O)OCCOC(=O)N(C)c1nc(N(C)C(=O)OCCOC(=O)C=C)nc(N(C)C(=O)OCCOC(=O)C=C)n1. The van der Waals surface area contributed by atoms with E-state index in [1.54, 1.807) is 0 Å². The molecule has 0 saturated heterocycles. The largest absolute Gasteiger partial charge is 0.459 e. The Morgan fingerprint density at radius 3 is 0.929 bits per heavy atom. The lowest BCUT2D eigenvalue weighted by Gasteiger charge is -2.22. The minimum Gasteiger partial charge on any atom is -0.459 e. The zero-order valence-electron chi connectivity index (χ0n) is 23.2. The molecule has 228 valence electrons. The van der Waals surface area contributed by atoms with Gasteiger partial charge in [-0.05, 0) is 0 Å². The summed E-state index contributed by atoms with van der Waals surface area (Å²) in [6.45, 7) is 7.99. The molecule has 1 aromatic rings. The Hall–Kier alpha value is -5.55. The first kappa shape index (κ1) is 34.5. The Morgan fingerprint density at radius 2 is 0.714 bits per heavy atom. The number of aromatic nitrogens is 3. The maximum Gasteiger partial charge on any atom is 0.416 e. The number of amides is 3. The molecule has 0 atom stereocenters. The summed E-state index contributed by atoms with van der Waals surface area (Å²) in [6.07, 6.45) is -0.158. The van der Waals surface area contributed by atoms with Crippen molar-refractivity contribution in [1.82, 2.24) is 15.0 Å². The van der Waals surface area contributed by atoms with Crippen molar-refractivity contribution in [3.8, 4) is 0 Å². The first-order valence-corrected chi connectivity index (χ1v) is 11.8. The maximum atomic E-state index is 12.5. The summed E-state index contributed by atoms with van der Waals surface area (Å²) in [6, 6.07) is 0. The molecule has 0 N–H and O–H groups in total. The van der Waals surface area contributed by atoms with Crippen LogP contribution in [0.3, 0.4) is 0 Å². The summed E-state index contributed by atoms with van der Waals surface area (Å²) in [7, 11) is 3.67. The molecule has 0 saturated carbocycles. The number of anilines is 3. The molecular weight excluding hydrogens is 564 g/mol. The third-order valence-electron chi connectivity index (χ3n) is 4.48. The van der Waals surface area contributed by atoms with E-state index in [4.69, 9.17) is 28.4 Å². The highest BCUT2D eigenvalue weighted by Crippen LogP contribution is 2.19. The molecule has 0 unspecified atom stereocenters. The number of carbonyl (C=O) groups excluding carboxylic acids is 6. The van der Waals surface area contributed by atoms with Crippen molar-refractivity contribution in [3.05, 3.63) is 38.0 Å². The highest BCUT2D eigenvalue weighted by atomic mass is 16.6. The lowest BCUT2D eigenvalue weighted by atomic mass is 10.6. The minimum absolute atomic E-state index is 0.258. The van der Waals surface area contributed by atoms with Crippen LogP contribution >= 0.6 is 0 Å². The van der Waals surface area contributed by atoms with E-state index < -0.39 is 36.2 Å². The van der Waals surface area contributed by atoms with Crippen molar-refractivity contribution in [1.29, 1.82) is 0 Å². The smallest absolute Gasteiger partial charge is 0.416 e. The maximum absolute atomic E-state index is 12.5. The normalized spacial score (nSPS) is 9.79. The van der Waals surface area contributed by atoms with Crippen molar-refractivity contribution in [2.45, 2.75) is 0 Å². The molecule has 3 amide bonds. The van der Waals surface area contributed by atoms with Gasteiger partial charge >= 0.3 is 36.2 Å². The molecule has 1 aromatic heterocycles. The molecule has 0 spiro atoms. The molecule has 18 nitrogen and oxygen atoms in total. The van der Waals surface area contributed by atoms with Crippen LogP contribution in [0.2, 0.25) is 0 Å². The van der Waals surface area contributed by atoms with Crippen molar-refractivity contribution in [2.75, 3.05) is 75.5 Å². The Morgan fingerprint density at radius 1 is 0.500 bits per heavy atom. The topological polar surface area (TPSA) is 206 Å². The fraction of sp³-hybridized carbons (Fsp3) is 0.375. The van der Waals surface area contributed by atoms with Crippen molar-refractivity contribution in [3.63, 3.8) is 0 Å². The van der Waals surface area contributed by atoms with Gasteiger partial charge in [0.05, 0.1) is 0 Å². The highest BCUT2D eigenvalue weighted by molar-refractivity contribution is 5.89. The molecule has 42 heavy (non-hydrogen) atoms. The second-order valence-electron chi connectivity index (χ2n) is 7.37. The van der Waals surface area contributed by atoms with Gasteiger partial charge in [0, 0.05) is 39.4 Å². The van der Waals surface area contributed by atoms with Crippen molar-refractivity contribution < 1.29 is 57.2 Å². The summed E-state index contributed by atoms with van der Waals surface area (Å²) in [5.41, 5.74) is 0. The Balaban J connectivity index is 3.11. The minimum atomic E-state index is -0.990. The number of rotatable bonds is 15. The average Bonchev–Trinajstić information content (AvgIpc) is 3.00. The summed E-state index contributed by atoms with van der Waals surface area (Å²) in [5, 5.41) is 0. The monoisotopic (exact) mass is 594 g/mol. The van der Waals surface area contributed by atoms with Crippen LogP contribution in [0, 0.1) is 0 Å². The predicted molar refractivity (Wildman–Crippen MR) is 143 cm³/mol. The van der Waals surface area contributed by atoms with Crippen LogP contribution in [0.25, 0.3) is 0 Å². The number of ether oxygens (including phenoxy) is 6. The van der Waals surface area contributed by atoms with Crippen LogP contribution in [0.1, 0.15) is 0 Å². The average molecular weight is 595 g/mol. The molecule has 0 aliphatic heterocycles. The van der Waals surface area contributed by atoms with E-state index in [-0.39, 0.29) is 57.5 Å². The lowest BCUT2D eigenvalue weighted by molar-refractivity contribution is -0.139. The Labute approximate surface area is 240 Å². The third kappa shape index (κ3) is 11.7. The fourth-order valence-corrected chi connectivity index (χ4v) is 2.32. The molecule has 0 aliphatic carbocycles. The van der Waals surface area contributed by atoms with Crippen LogP contribution in [0.15, 0.2) is 38.0 Å². The zero-order chi connectivity index (χ0) is 31.7. The van der Waals surface area contributed by atoms with E-state index in [0.717, 1.165) is 32.9 Å². The number of esters is 3. The van der Waals surface area contributed by atoms with Gasteiger partial charge in [0.1, 0.15) is 39.6 Å². The van der Waals surface area contributed by atoms with Crippen molar-refractivity contribution >= 4 is 54.0 Å². The number of nitrogens with zero attached hydrogens (tertiary/aromatic N) is 6. The summed E-state index contributed by atoms with van der Waals surface area (Å²) in [4.78, 5) is 85.6. The summed E-state index contributed by atoms with van der Waals surface area (Å²) >= 11 is 0. The number of hydrogen-bond acceptors (Lipinski definition) is 15. The van der Waals surface area contributed by atoms with Gasteiger partial charge in [-0.1, -0.05) is 19.7 Å². The standard InChI is InChI=1S/C24H30N6O12/c1-7-16(31)37-10-13-40-22(34)28(4)19-25-20(29(5)23(35)41-14-11-38-17(32)8-2)27-21(26-19)30(6)24(36)42-15-12-39-18(33)9-3/h7-9H,1-3,10-15H2,4-6H3. The Kier molecular flexibility index (Phi) is 14.7. The molecule has 0 bridgehead atoms. The zero-order valence-corrected chi connectivity index (χ0v) is 23.2. The van der Waals surface area contributed by atoms with Crippen molar-refractivity contribution in [2.24, 2.45) is 0 Å². The quantitative estimate of drug-likeness (QED) is 0.119. The molecule has 1 heterocycles. The van der Waals surface area contributed by atoms with E-state index in [1.165, 1.54) is 21.1 Å². The molecule has 18 heteroatoms. The lowest BCUT2D eigenvalue weighted by Crippen LogP contribution is -2.35. The van der Waals surface area contributed by atoms with Gasteiger partial charge in [-0.3, -0.25) is 0 Å². The molecule has 1 rings (SSSR count). The summed E-state index contributed by atoms with van der Waals surface area (Å²) in [5.74, 6) is -3.26. The fourth-order valence-electron chi connectivity index (χ4n) is 2.32. The van der Waals surface area contributed by atoms with Crippen LogP contribution in [-0.4, -0.2) is 112 Å². The van der Waals surface area contributed by atoms with Crippen LogP contribution in [0.5, 0.6) is 0 Å². The molecule has 0 radical (unpaired) electrons. The third-order valence-corrected chi connectivity index (χ3v) is 4.48. The van der Waals surface area contributed by atoms with Gasteiger partial charge in [0.15, 0.2) is 0 Å². The number of carbonyl (C=O) groups is 6. The van der Waals surface area contributed by atoms with Gasteiger partial charge < -0.3 is 28.4 Å². The van der Waals surface area contributed by atoms with Gasteiger partial charge in [-0.15, -0.1) is 0 Å². The first-order chi connectivity index (χ1) is 19.9. The molecular formula is C24H30N6O12. The second-order valence-corrected chi connectivity index (χ2v) is 7.37. The Bertz CT molecular complexity index is 1040. The van der Waals surface area contributed by atoms with Gasteiger partial charge in [0.2, 0.25) is 17.8 Å². The van der Waals surface area contributed by atoms with Gasteiger partial charge in [-0.25, -0.2) is 43.5 Å². The molecule has 0 fully saturated rings. The second kappa shape index (κ2) is 17.9. The molecule has 0 aliphatic rings. The molecule has 0 aromatic carbocycles. The number of hydrogen-bond donors (Lipinski definition) is 0. The van der Waals surface area contributed by atoms with E-state index in [9.17, 15) is 28.8 Å². The van der Waals surface area contributed by atoms with Crippen LogP contribution in [-0.2, 0) is 42.8 Å². The van der Waals surface area contributed by atoms with Gasteiger partial charge in [0.25, 0.3) is 0 Å². The highest BCUT2D eigenvalue weighted by Gasteiger charge is 2.25. The van der Waals surface area contributed by atoms with E-state index >= 15 is 0 Å². The van der Waals surface area contributed by atoms with Crippen LogP contribution < -0.4 is 14.7 Å². The van der Waals surface area contributed by atoms with E-state index in [0.29, 0.717) is 0 Å².